The van der Waals surface area contributed by atoms with E-state index >= 15 is 0 Å². The molecular formula is C26H40N4O5. The van der Waals surface area contributed by atoms with E-state index in [-0.39, 0.29) is 48.3 Å². The summed E-state index contributed by atoms with van der Waals surface area (Å²) in [5.74, 6) is 0.268. The van der Waals surface area contributed by atoms with E-state index in [2.05, 4.69) is 5.32 Å². The summed E-state index contributed by atoms with van der Waals surface area (Å²) in [7, 11) is 7.10. The average molecular weight is 489 g/mol. The third-order valence-electron chi connectivity index (χ3n) is 6.96. The Morgan fingerprint density at radius 2 is 1.91 bits per heavy atom. The molecule has 0 bridgehead atoms. The second-order valence-corrected chi connectivity index (χ2v) is 10.2. The van der Waals surface area contributed by atoms with E-state index in [4.69, 9.17) is 9.47 Å². The van der Waals surface area contributed by atoms with Gasteiger partial charge >= 0.3 is 0 Å². The molecule has 1 saturated carbocycles. The van der Waals surface area contributed by atoms with Gasteiger partial charge in [0.2, 0.25) is 11.8 Å². The molecule has 3 rings (SSSR count). The van der Waals surface area contributed by atoms with Gasteiger partial charge in [-0.1, -0.05) is 13.3 Å². The fourth-order valence-electron chi connectivity index (χ4n) is 4.48. The molecule has 3 atom stereocenters. The number of ether oxygens (including phenoxy) is 2. The van der Waals surface area contributed by atoms with Gasteiger partial charge in [-0.25, -0.2) is 0 Å². The van der Waals surface area contributed by atoms with Crippen molar-refractivity contribution in [3.8, 4) is 5.75 Å². The predicted octanol–water partition coefficient (Wildman–Crippen LogP) is 2.32. The Bertz CT molecular complexity index is 917. The summed E-state index contributed by atoms with van der Waals surface area (Å²) in [6.45, 7) is 5.38. The van der Waals surface area contributed by atoms with Crippen molar-refractivity contribution in [3.05, 3.63) is 23.8 Å². The highest BCUT2D eigenvalue weighted by molar-refractivity contribution is 6.00. The van der Waals surface area contributed by atoms with Gasteiger partial charge in [-0.2, -0.15) is 0 Å². The normalized spacial score (nSPS) is 24.1. The average Bonchev–Trinajstić information content (AvgIpc) is 2.76. The first-order valence-corrected chi connectivity index (χ1v) is 12.4. The Balaban J connectivity index is 1.91. The van der Waals surface area contributed by atoms with Crippen molar-refractivity contribution in [2.45, 2.75) is 45.3 Å². The van der Waals surface area contributed by atoms with Crippen molar-refractivity contribution in [3.63, 3.8) is 0 Å². The van der Waals surface area contributed by atoms with Crippen LogP contribution < -0.4 is 10.1 Å². The van der Waals surface area contributed by atoms with Gasteiger partial charge in [0.1, 0.15) is 12.4 Å². The van der Waals surface area contributed by atoms with Crippen LogP contribution in [0.2, 0.25) is 0 Å². The molecule has 0 saturated heterocycles. The largest absolute Gasteiger partial charge is 0.491 e. The topological polar surface area (TPSA) is 91.4 Å². The number of amides is 3. The Kier molecular flexibility index (Phi) is 9.13. The molecule has 1 aromatic carbocycles. The Morgan fingerprint density at radius 3 is 2.51 bits per heavy atom. The number of methoxy groups -OCH3 is 1. The van der Waals surface area contributed by atoms with Crippen LogP contribution in [0, 0.1) is 11.8 Å². The molecule has 35 heavy (non-hydrogen) atoms. The molecule has 1 aromatic rings. The summed E-state index contributed by atoms with van der Waals surface area (Å²) in [5.41, 5.74) is 0.950. The lowest BCUT2D eigenvalue weighted by Gasteiger charge is -2.36. The minimum absolute atomic E-state index is 0.00388. The number of nitrogens with zero attached hydrogens (tertiary/aromatic N) is 3. The monoisotopic (exact) mass is 488 g/mol. The lowest BCUT2D eigenvalue weighted by atomic mass is 9.85. The zero-order valence-corrected chi connectivity index (χ0v) is 21.9. The van der Waals surface area contributed by atoms with Crippen molar-refractivity contribution in [1.29, 1.82) is 0 Å². The second-order valence-electron chi connectivity index (χ2n) is 10.2. The van der Waals surface area contributed by atoms with E-state index in [9.17, 15) is 14.4 Å². The van der Waals surface area contributed by atoms with Crippen LogP contribution in [0.15, 0.2) is 18.2 Å². The standard InChI is InChI=1S/C26H40N4O5/c1-17-13-30(24(31)15-28(3)4)18(2)16-35-22-11-10-20(27-25(32)19-8-7-9-19)12-21(22)26(33)29(5)14-23(17)34-6/h10-12,17-19,23H,7-9,13-16H2,1-6H3,(H,27,32)/t17-,18+,23-/m0/s1. The van der Waals surface area contributed by atoms with Crippen LogP contribution in [0.3, 0.4) is 0 Å². The van der Waals surface area contributed by atoms with E-state index in [0.29, 0.717) is 36.6 Å². The van der Waals surface area contributed by atoms with Crippen molar-refractivity contribution in [1.82, 2.24) is 14.7 Å². The molecule has 0 aromatic heterocycles. The van der Waals surface area contributed by atoms with Crippen molar-refractivity contribution < 1.29 is 23.9 Å². The lowest BCUT2D eigenvalue weighted by molar-refractivity contribution is -0.136. The summed E-state index contributed by atoms with van der Waals surface area (Å²) >= 11 is 0. The van der Waals surface area contributed by atoms with Crippen molar-refractivity contribution in [2.24, 2.45) is 11.8 Å². The number of hydrogen-bond donors (Lipinski definition) is 1. The summed E-state index contributed by atoms with van der Waals surface area (Å²) in [6, 6.07) is 4.95. The van der Waals surface area contributed by atoms with Gasteiger partial charge in [-0.15, -0.1) is 0 Å². The molecule has 0 radical (unpaired) electrons. The van der Waals surface area contributed by atoms with E-state index in [1.54, 1.807) is 37.3 Å². The highest BCUT2D eigenvalue weighted by Crippen LogP contribution is 2.30. The zero-order valence-electron chi connectivity index (χ0n) is 21.9. The predicted molar refractivity (Wildman–Crippen MR) is 135 cm³/mol. The van der Waals surface area contributed by atoms with Gasteiger partial charge in [0, 0.05) is 44.8 Å². The smallest absolute Gasteiger partial charge is 0.257 e. The molecule has 1 aliphatic heterocycles. The summed E-state index contributed by atoms with van der Waals surface area (Å²) in [4.78, 5) is 44.3. The first-order chi connectivity index (χ1) is 16.6. The van der Waals surface area contributed by atoms with Gasteiger partial charge in [-0.3, -0.25) is 14.4 Å². The molecule has 3 amide bonds. The van der Waals surface area contributed by atoms with Crippen LogP contribution >= 0.6 is 0 Å². The lowest BCUT2D eigenvalue weighted by Crippen LogP contribution is -2.50. The Morgan fingerprint density at radius 1 is 1.20 bits per heavy atom. The van der Waals surface area contributed by atoms with E-state index in [1.807, 2.05) is 37.7 Å². The summed E-state index contributed by atoms with van der Waals surface area (Å²) < 4.78 is 11.9. The maximum atomic E-state index is 13.4. The molecule has 1 aliphatic carbocycles. The van der Waals surface area contributed by atoms with Crippen LogP contribution in [0.1, 0.15) is 43.5 Å². The Labute approximate surface area is 208 Å². The molecular weight excluding hydrogens is 448 g/mol. The van der Waals surface area contributed by atoms with E-state index in [1.165, 1.54) is 0 Å². The maximum absolute atomic E-state index is 13.4. The minimum Gasteiger partial charge on any atom is -0.491 e. The summed E-state index contributed by atoms with van der Waals surface area (Å²) in [6.07, 6.45) is 2.62. The van der Waals surface area contributed by atoms with Crippen LogP contribution in [0.5, 0.6) is 5.75 Å². The third-order valence-corrected chi connectivity index (χ3v) is 6.96. The number of anilines is 1. The molecule has 0 spiro atoms. The van der Waals surface area contributed by atoms with Crippen LogP contribution in [-0.4, -0.2) is 99.1 Å². The fraction of sp³-hybridized carbons (Fsp3) is 0.654. The first kappa shape index (κ1) is 26.9. The number of fused-ring (bicyclic) bond motifs is 1. The fourth-order valence-corrected chi connectivity index (χ4v) is 4.48. The van der Waals surface area contributed by atoms with E-state index in [0.717, 1.165) is 19.3 Å². The highest BCUT2D eigenvalue weighted by Gasteiger charge is 2.31. The number of benzene rings is 1. The molecule has 1 N–H and O–H groups in total. The van der Waals surface area contributed by atoms with Gasteiger partial charge in [0.15, 0.2) is 0 Å². The molecule has 1 heterocycles. The van der Waals surface area contributed by atoms with Gasteiger partial charge in [0.25, 0.3) is 5.91 Å². The SMILES string of the molecule is CO[C@H]1CN(C)C(=O)c2cc(NC(=O)C3CCC3)ccc2OC[C@@H](C)N(C(=O)CN(C)C)C[C@@H]1C. The number of carbonyl (C=O) groups is 3. The van der Waals surface area contributed by atoms with Gasteiger partial charge in [0.05, 0.1) is 24.3 Å². The number of carbonyl (C=O) groups excluding carboxylic acids is 3. The molecule has 9 heteroatoms. The van der Waals surface area contributed by atoms with Crippen LogP contribution in [0.4, 0.5) is 5.69 Å². The van der Waals surface area contributed by atoms with E-state index < -0.39 is 0 Å². The molecule has 194 valence electrons. The molecule has 9 nitrogen and oxygen atoms in total. The van der Waals surface area contributed by atoms with Crippen LogP contribution in [-0.2, 0) is 14.3 Å². The number of nitrogens with one attached hydrogen (secondary N) is 1. The Hall–Kier alpha value is -2.65. The molecule has 1 fully saturated rings. The molecule has 2 aliphatic rings. The summed E-state index contributed by atoms with van der Waals surface area (Å²) in [5, 5.41) is 2.94. The first-order valence-electron chi connectivity index (χ1n) is 12.4. The second kappa shape index (κ2) is 11.9. The van der Waals surface area contributed by atoms with Gasteiger partial charge in [-0.05, 0) is 52.1 Å². The highest BCUT2D eigenvalue weighted by atomic mass is 16.5. The van der Waals surface area contributed by atoms with Crippen LogP contribution in [0.25, 0.3) is 0 Å². The molecule has 0 unspecified atom stereocenters. The maximum Gasteiger partial charge on any atom is 0.257 e. The quantitative estimate of drug-likeness (QED) is 0.684. The number of likely N-dealkylation sites (N-methyl/N-ethyl adjacent to an activating group) is 2. The number of rotatable bonds is 5. The minimum atomic E-state index is -0.254. The van der Waals surface area contributed by atoms with Crippen molar-refractivity contribution in [2.75, 3.05) is 59.8 Å². The zero-order chi connectivity index (χ0) is 25.7. The third kappa shape index (κ3) is 6.73. The number of hydrogen-bond acceptors (Lipinski definition) is 6. The van der Waals surface area contributed by atoms with Crippen molar-refractivity contribution >= 4 is 23.4 Å². The van der Waals surface area contributed by atoms with Gasteiger partial charge < -0.3 is 29.5 Å².